The van der Waals surface area contributed by atoms with Crippen molar-refractivity contribution in [2.75, 3.05) is 0 Å². The van der Waals surface area contributed by atoms with Crippen molar-refractivity contribution in [2.24, 2.45) is 0 Å². The molecule has 0 saturated carbocycles. The summed E-state index contributed by atoms with van der Waals surface area (Å²) >= 11 is 7.64. The first-order valence-electron chi connectivity index (χ1n) is 18.7. The Morgan fingerprint density at radius 3 is 0.690 bits per heavy atom. The molecule has 2 nitrogen and oxygen atoms in total. The predicted octanol–water partition coefficient (Wildman–Crippen LogP) is 12.9. The maximum absolute atomic E-state index is 9.29. The quantitative estimate of drug-likeness (QED) is 0.0286. The maximum atomic E-state index is 9.29. The summed E-state index contributed by atoms with van der Waals surface area (Å²) in [4.78, 5) is 21.8. The van der Waals surface area contributed by atoms with E-state index in [0.717, 1.165) is 0 Å². The Bertz CT molecular complexity index is 476. The van der Waals surface area contributed by atoms with E-state index in [1.54, 1.807) is 22.5 Å². The van der Waals surface area contributed by atoms with Crippen molar-refractivity contribution >= 4 is 29.7 Å². The monoisotopic (exact) mass is 731 g/mol. The Morgan fingerprint density at radius 1 is 0.381 bits per heavy atom. The molecule has 0 aromatic heterocycles. The minimum atomic E-state index is -3.72. The minimum Gasteiger partial charge on any atom is -0.850 e. The third-order valence-corrected chi connectivity index (χ3v) is 11.1. The van der Waals surface area contributed by atoms with Crippen LogP contribution < -0.4 is 9.79 Å². The van der Waals surface area contributed by atoms with Gasteiger partial charge in [-0.25, -0.2) is 0 Å². The van der Waals surface area contributed by atoms with Gasteiger partial charge in [-0.15, -0.1) is 0 Å². The van der Waals surface area contributed by atoms with Crippen molar-refractivity contribution in [3.05, 3.63) is 0 Å². The molecule has 0 aliphatic carbocycles. The number of hydrogen-bond acceptors (Lipinski definition) is 4. The molecule has 0 unspecified atom stereocenters. The van der Waals surface area contributed by atoms with Gasteiger partial charge in [0, 0.05) is 0 Å². The summed E-state index contributed by atoms with van der Waals surface area (Å²) in [6.45, 7) is 4.62. The first kappa shape index (κ1) is 45.7. The predicted molar refractivity (Wildman–Crippen MR) is 190 cm³/mol. The molecular formula is C36H74MoO2PS2. The molecule has 253 valence electrons. The van der Waals surface area contributed by atoms with Gasteiger partial charge < -0.3 is 27.7 Å². The van der Waals surface area contributed by atoms with Crippen LogP contribution in [0.3, 0.4) is 0 Å². The third kappa shape index (κ3) is 54.1. The fourth-order valence-corrected chi connectivity index (χ4v) is 8.12. The molecule has 0 rings (SSSR count). The molecule has 0 bridgehead atoms. The second-order valence-corrected chi connectivity index (χ2v) is 20.1. The van der Waals surface area contributed by atoms with E-state index in [0.29, 0.717) is 18.6 Å². The zero-order valence-electron chi connectivity index (χ0n) is 28.5. The molecule has 6 heteroatoms. The summed E-state index contributed by atoms with van der Waals surface area (Å²) in [6.07, 6.45) is 47.7. The van der Waals surface area contributed by atoms with Gasteiger partial charge in [0.2, 0.25) is 0 Å². The molecule has 0 N–H and O–H groups in total. The van der Waals surface area contributed by atoms with Crippen LogP contribution in [-0.2, 0) is 42.6 Å². The molecule has 0 radical (unpaired) electrons. The van der Waals surface area contributed by atoms with E-state index in [9.17, 15) is 9.79 Å². The standard InChI is InChI=1S/2C18H37.Mo.H3O2PS2/c2*1-3-5-7-9-11-13-15-17-18-16-14-12-10-8-6-4-2;;1-3(2,4)5/h2*1,3-18H2,2H3;;(H3,1,2,4,5)/q;;+3;/p-3. The second-order valence-electron chi connectivity index (χ2n) is 12.7. The molecule has 0 fully saturated rings. The molecule has 0 aromatic rings. The number of rotatable bonds is 34. The van der Waals surface area contributed by atoms with Gasteiger partial charge in [-0.05, 0) is 0 Å². The Labute approximate surface area is 285 Å². The van der Waals surface area contributed by atoms with Gasteiger partial charge in [0.25, 0.3) is 0 Å². The SMILES string of the molecule is CCCCCCCCCCCCCCCCC[CH2][Mo+3][CH2]CCCCCCCCCCCCCCCCC.[O-]P([O-])(=S)[S-]. The van der Waals surface area contributed by atoms with E-state index in [4.69, 9.17) is 0 Å². The van der Waals surface area contributed by atoms with Crippen LogP contribution in [0, 0.1) is 0 Å². The zero-order chi connectivity index (χ0) is 31.2. The molecule has 0 atom stereocenters. The zero-order valence-corrected chi connectivity index (χ0v) is 33.1. The van der Waals surface area contributed by atoms with Crippen LogP contribution in [0.4, 0.5) is 0 Å². The van der Waals surface area contributed by atoms with Crippen LogP contribution in [0.25, 0.3) is 0 Å². The number of hydrogen-bond donors (Lipinski definition) is 0. The van der Waals surface area contributed by atoms with Gasteiger partial charge >= 0.3 is 169 Å². The van der Waals surface area contributed by atoms with Crippen molar-refractivity contribution < 1.29 is 28.3 Å². The first-order chi connectivity index (χ1) is 20.4. The van der Waals surface area contributed by atoms with E-state index in [1.807, 2.05) is 0 Å². The molecular weight excluding hydrogens is 655 g/mol. The van der Waals surface area contributed by atoms with Gasteiger partial charge in [0.05, 0.1) is 0 Å². The molecule has 0 aromatic carbocycles. The van der Waals surface area contributed by atoms with Crippen LogP contribution in [-0.4, -0.2) is 0 Å². The first-order valence-corrected chi connectivity index (χ1v) is 25.2. The van der Waals surface area contributed by atoms with Crippen molar-refractivity contribution in [2.45, 2.75) is 229 Å². The Kier molecular flexibility index (Phi) is 44.2. The Hall–Kier alpha value is 1.61. The van der Waals surface area contributed by atoms with E-state index in [-0.39, 0.29) is 0 Å². The van der Waals surface area contributed by atoms with Crippen LogP contribution in [0.2, 0.25) is 9.62 Å². The van der Waals surface area contributed by atoms with E-state index in [1.165, 1.54) is 193 Å². The smallest absolute Gasteiger partial charge is 0.850 e. The van der Waals surface area contributed by atoms with Gasteiger partial charge in [0.15, 0.2) is 0 Å². The van der Waals surface area contributed by atoms with Crippen LogP contribution in [0.15, 0.2) is 0 Å². The van der Waals surface area contributed by atoms with Crippen molar-refractivity contribution in [1.82, 2.24) is 0 Å². The average molecular weight is 730 g/mol. The minimum absolute atomic E-state index is 0.360. The summed E-state index contributed by atoms with van der Waals surface area (Å²) in [6, 6.07) is 0. The summed E-state index contributed by atoms with van der Waals surface area (Å²) in [5.41, 5.74) is -3.72. The van der Waals surface area contributed by atoms with Crippen molar-refractivity contribution in [1.29, 1.82) is 0 Å². The molecule has 0 spiro atoms. The fourth-order valence-electron chi connectivity index (χ4n) is 5.61. The van der Waals surface area contributed by atoms with E-state index in [2.05, 4.69) is 37.9 Å². The van der Waals surface area contributed by atoms with Crippen molar-refractivity contribution in [3.8, 4) is 0 Å². The van der Waals surface area contributed by atoms with Gasteiger partial charge in [0.1, 0.15) is 0 Å². The summed E-state index contributed by atoms with van der Waals surface area (Å²) < 4.78 is 0. The Balaban J connectivity index is 0. The third-order valence-electron chi connectivity index (χ3n) is 8.28. The molecule has 0 heterocycles. The number of unbranched alkanes of at least 4 members (excludes halogenated alkanes) is 30. The summed E-state index contributed by atoms with van der Waals surface area (Å²) in [5, 5.41) is 0. The average Bonchev–Trinajstić information content (AvgIpc) is 2.94. The normalized spacial score (nSPS) is 11.4. The Morgan fingerprint density at radius 2 is 0.524 bits per heavy atom. The van der Waals surface area contributed by atoms with Crippen LogP contribution in [0.5, 0.6) is 0 Å². The van der Waals surface area contributed by atoms with Gasteiger partial charge in [-0.2, -0.15) is 11.8 Å². The summed E-state index contributed by atoms with van der Waals surface area (Å²) in [5.74, 6) is 0. The molecule has 0 aliphatic heterocycles. The fraction of sp³-hybridized carbons (Fsp3) is 1.00. The molecule has 42 heavy (non-hydrogen) atoms. The van der Waals surface area contributed by atoms with E-state index < -0.39 is 5.69 Å². The van der Waals surface area contributed by atoms with Crippen LogP contribution >= 0.6 is 5.69 Å². The molecule has 0 aliphatic rings. The molecule has 0 amide bonds. The second kappa shape index (κ2) is 40.6. The van der Waals surface area contributed by atoms with Gasteiger partial charge in [-0.1, -0.05) is 78.1 Å². The topological polar surface area (TPSA) is 46.1 Å². The van der Waals surface area contributed by atoms with E-state index >= 15 is 0 Å². The van der Waals surface area contributed by atoms with Gasteiger partial charge in [-0.3, -0.25) is 0 Å². The van der Waals surface area contributed by atoms with Crippen molar-refractivity contribution in [3.63, 3.8) is 0 Å². The summed E-state index contributed by atoms with van der Waals surface area (Å²) in [7, 11) is 0. The molecule has 0 saturated heterocycles. The van der Waals surface area contributed by atoms with Crippen LogP contribution in [0.1, 0.15) is 219 Å².